The number of carbonyl (C=O) groups excluding carboxylic acids is 2. The van der Waals surface area contributed by atoms with Crippen LogP contribution in [0.5, 0.6) is 17.2 Å². The van der Waals surface area contributed by atoms with Crippen LogP contribution in [0.1, 0.15) is 42.3 Å². The molecule has 0 fully saturated rings. The summed E-state index contributed by atoms with van der Waals surface area (Å²) in [7, 11) is 1.52. The van der Waals surface area contributed by atoms with Gasteiger partial charge >= 0.3 is 5.97 Å². The van der Waals surface area contributed by atoms with E-state index in [4.69, 9.17) is 23.5 Å². The number of hydrogen-bond donors (Lipinski definition) is 1. The Hall–Kier alpha value is -4.08. The highest BCUT2D eigenvalue weighted by molar-refractivity contribution is 5.93. The highest BCUT2D eigenvalue weighted by Crippen LogP contribution is 2.29. The molecule has 0 atom stereocenters. The average Bonchev–Trinajstić information content (AvgIpc) is 3.29. The molecular formula is C24H27N3O7. The van der Waals surface area contributed by atoms with Gasteiger partial charge in [0.15, 0.2) is 23.9 Å². The van der Waals surface area contributed by atoms with E-state index in [2.05, 4.69) is 15.5 Å². The van der Waals surface area contributed by atoms with Crippen molar-refractivity contribution in [3.8, 4) is 17.2 Å². The highest BCUT2D eigenvalue weighted by atomic mass is 16.6. The second-order valence-corrected chi connectivity index (χ2v) is 7.05. The SMILES string of the molecule is CCCOc1ccc(C(=O)OCc2nc(CC(=O)Nc3ccccc3OC)no2)cc1OCC. The normalized spacial score (nSPS) is 10.4. The minimum Gasteiger partial charge on any atom is -0.495 e. The van der Waals surface area contributed by atoms with E-state index >= 15 is 0 Å². The van der Waals surface area contributed by atoms with Crippen molar-refractivity contribution >= 4 is 17.6 Å². The number of anilines is 1. The summed E-state index contributed by atoms with van der Waals surface area (Å²) in [4.78, 5) is 28.9. The largest absolute Gasteiger partial charge is 0.495 e. The van der Waals surface area contributed by atoms with Crippen LogP contribution >= 0.6 is 0 Å². The minimum absolute atomic E-state index is 0.0707. The first-order chi connectivity index (χ1) is 16.5. The molecule has 0 bridgehead atoms. The highest BCUT2D eigenvalue weighted by Gasteiger charge is 2.16. The molecule has 10 heteroatoms. The number of hydrogen-bond acceptors (Lipinski definition) is 9. The van der Waals surface area contributed by atoms with Gasteiger partial charge in [-0.25, -0.2) is 4.79 Å². The Morgan fingerprint density at radius 2 is 1.85 bits per heavy atom. The molecule has 3 aromatic rings. The van der Waals surface area contributed by atoms with Crippen molar-refractivity contribution < 1.29 is 33.1 Å². The number of aromatic nitrogens is 2. The fourth-order valence-corrected chi connectivity index (χ4v) is 2.95. The van der Waals surface area contributed by atoms with E-state index in [1.807, 2.05) is 13.8 Å². The van der Waals surface area contributed by atoms with Crippen LogP contribution in [0, 0.1) is 0 Å². The second kappa shape index (κ2) is 12.2. The number of carbonyl (C=O) groups is 2. The van der Waals surface area contributed by atoms with Crippen LogP contribution < -0.4 is 19.5 Å². The summed E-state index contributed by atoms with van der Waals surface area (Å²) in [5.74, 6) is 0.865. The third kappa shape index (κ3) is 6.71. The van der Waals surface area contributed by atoms with Crippen molar-refractivity contribution in [2.75, 3.05) is 25.6 Å². The van der Waals surface area contributed by atoms with Crippen LogP contribution in [0.4, 0.5) is 5.69 Å². The molecule has 0 radical (unpaired) electrons. The van der Waals surface area contributed by atoms with Crippen LogP contribution in [0.15, 0.2) is 47.0 Å². The van der Waals surface area contributed by atoms with Crippen molar-refractivity contribution in [2.24, 2.45) is 0 Å². The third-order valence-electron chi connectivity index (χ3n) is 4.48. The molecule has 0 saturated heterocycles. The first-order valence-electron chi connectivity index (χ1n) is 10.8. The summed E-state index contributed by atoms with van der Waals surface area (Å²) in [6, 6.07) is 11.9. The van der Waals surface area contributed by atoms with Crippen LogP contribution in [0.25, 0.3) is 0 Å². The lowest BCUT2D eigenvalue weighted by Crippen LogP contribution is -2.15. The molecule has 2 aromatic carbocycles. The molecule has 34 heavy (non-hydrogen) atoms. The van der Waals surface area contributed by atoms with E-state index in [1.165, 1.54) is 7.11 Å². The van der Waals surface area contributed by atoms with Crippen LogP contribution in [-0.4, -0.2) is 42.3 Å². The van der Waals surface area contributed by atoms with Crippen LogP contribution in [0.2, 0.25) is 0 Å². The molecule has 10 nitrogen and oxygen atoms in total. The third-order valence-corrected chi connectivity index (χ3v) is 4.48. The van der Waals surface area contributed by atoms with E-state index < -0.39 is 5.97 Å². The maximum absolute atomic E-state index is 12.5. The number of methoxy groups -OCH3 is 1. The summed E-state index contributed by atoms with van der Waals surface area (Å²) in [5, 5.41) is 6.49. The topological polar surface area (TPSA) is 122 Å². The molecule has 3 rings (SSSR count). The van der Waals surface area contributed by atoms with Gasteiger partial charge in [-0.3, -0.25) is 4.79 Å². The fraction of sp³-hybridized carbons (Fsp3) is 0.333. The number of para-hydroxylation sites is 2. The molecule has 0 aliphatic rings. The molecule has 1 amide bonds. The molecule has 180 valence electrons. The van der Waals surface area contributed by atoms with Crippen molar-refractivity contribution in [2.45, 2.75) is 33.3 Å². The molecule has 0 saturated carbocycles. The zero-order chi connectivity index (χ0) is 24.3. The van der Waals surface area contributed by atoms with E-state index in [9.17, 15) is 9.59 Å². The maximum atomic E-state index is 12.5. The molecule has 1 N–H and O–H groups in total. The number of nitrogens with zero attached hydrogens (tertiary/aromatic N) is 2. The molecule has 0 aliphatic carbocycles. The first-order valence-corrected chi connectivity index (χ1v) is 10.8. The van der Waals surface area contributed by atoms with E-state index in [0.717, 1.165) is 6.42 Å². The Kier molecular flexibility index (Phi) is 8.84. The zero-order valence-electron chi connectivity index (χ0n) is 19.3. The van der Waals surface area contributed by atoms with Gasteiger partial charge in [-0.15, -0.1) is 0 Å². The number of benzene rings is 2. The van der Waals surface area contributed by atoms with Gasteiger partial charge in [-0.1, -0.05) is 24.2 Å². The summed E-state index contributed by atoms with van der Waals surface area (Å²) < 4.78 is 26.8. The molecule has 0 aliphatic heterocycles. The lowest BCUT2D eigenvalue weighted by Gasteiger charge is -2.12. The van der Waals surface area contributed by atoms with Gasteiger partial charge in [-0.2, -0.15) is 4.98 Å². The Balaban J connectivity index is 1.55. The fourth-order valence-electron chi connectivity index (χ4n) is 2.95. The van der Waals surface area contributed by atoms with Gasteiger partial charge in [0.2, 0.25) is 5.91 Å². The summed E-state index contributed by atoms with van der Waals surface area (Å²) in [5.41, 5.74) is 0.827. The Morgan fingerprint density at radius 3 is 2.62 bits per heavy atom. The minimum atomic E-state index is -0.586. The van der Waals surface area contributed by atoms with Gasteiger partial charge in [0.25, 0.3) is 5.89 Å². The lowest BCUT2D eigenvalue weighted by molar-refractivity contribution is -0.115. The molecule has 1 aromatic heterocycles. The number of esters is 1. The molecule has 0 spiro atoms. The number of nitrogens with one attached hydrogen (secondary N) is 1. The summed E-state index contributed by atoms with van der Waals surface area (Å²) in [6.07, 6.45) is 0.732. The quantitative estimate of drug-likeness (QED) is 0.395. The van der Waals surface area contributed by atoms with Gasteiger partial charge in [0.1, 0.15) is 5.75 Å². The Labute approximate surface area is 197 Å². The van der Waals surface area contributed by atoms with E-state index in [0.29, 0.717) is 41.7 Å². The van der Waals surface area contributed by atoms with Gasteiger partial charge in [0, 0.05) is 0 Å². The molecule has 1 heterocycles. The van der Waals surface area contributed by atoms with Crippen molar-refractivity contribution in [1.82, 2.24) is 10.1 Å². The second-order valence-electron chi connectivity index (χ2n) is 7.05. The summed E-state index contributed by atoms with van der Waals surface area (Å²) in [6.45, 7) is 4.58. The standard InChI is InChI=1S/C24H27N3O7/c1-4-12-32-19-11-10-16(13-20(19)31-5-2)24(29)33-15-23-26-21(27-34-23)14-22(28)25-17-8-6-7-9-18(17)30-3/h6-11,13H,4-5,12,14-15H2,1-3H3,(H,25,28). The van der Waals surface area contributed by atoms with Crippen molar-refractivity contribution in [3.05, 3.63) is 59.7 Å². The number of rotatable bonds is 12. The average molecular weight is 469 g/mol. The monoisotopic (exact) mass is 469 g/mol. The summed E-state index contributed by atoms with van der Waals surface area (Å²) >= 11 is 0. The molecule has 0 unspecified atom stereocenters. The van der Waals surface area contributed by atoms with Crippen LogP contribution in [0.3, 0.4) is 0 Å². The Morgan fingerprint density at radius 1 is 1.03 bits per heavy atom. The number of amides is 1. The van der Waals surface area contributed by atoms with Crippen LogP contribution in [-0.2, 0) is 22.6 Å². The van der Waals surface area contributed by atoms with Gasteiger partial charge in [0.05, 0.1) is 38.0 Å². The predicted molar refractivity (Wildman–Crippen MR) is 122 cm³/mol. The maximum Gasteiger partial charge on any atom is 0.338 e. The lowest BCUT2D eigenvalue weighted by atomic mass is 10.2. The molecular weight excluding hydrogens is 442 g/mol. The van der Waals surface area contributed by atoms with Gasteiger partial charge < -0.3 is 28.8 Å². The number of ether oxygens (including phenoxy) is 4. The zero-order valence-corrected chi connectivity index (χ0v) is 19.3. The van der Waals surface area contributed by atoms with Gasteiger partial charge in [-0.05, 0) is 43.7 Å². The van der Waals surface area contributed by atoms with Crippen molar-refractivity contribution in [1.29, 1.82) is 0 Å². The first kappa shape index (κ1) is 24.6. The Bertz CT molecular complexity index is 1110. The van der Waals surface area contributed by atoms with E-state index in [-0.39, 0.29) is 30.7 Å². The van der Waals surface area contributed by atoms with Crippen molar-refractivity contribution in [3.63, 3.8) is 0 Å². The smallest absolute Gasteiger partial charge is 0.338 e. The predicted octanol–water partition coefficient (Wildman–Crippen LogP) is 3.80. The van der Waals surface area contributed by atoms with E-state index in [1.54, 1.807) is 42.5 Å².